The van der Waals surface area contributed by atoms with Crippen molar-refractivity contribution in [1.82, 2.24) is 4.57 Å². The molecule has 1 aromatic heterocycles. The Kier molecular flexibility index (Phi) is 3.20. The lowest BCUT2D eigenvalue weighted by molar-refractivity contribution is 0.0695. The topological polar surface area (TPSA) is 68.5 Å². The van der Waals surface area contributed by atoms with Crippen LogP contribution in [0.2, 0.25) is 0 Å². The van der Waals surface area contributed by atoms with Crippen LogP contribution in [0.3, 0.4) is 0 Å². The molecule has 3 rings (SSSR count). The smallest absolute Gasteiger partial charge is 0.341 e. The number of aromatic nitrogens is 1. The van der Waals surface area contributed by atoms with E-state index in [1.807, 2.05) is 30.5 Å². The van der Waals surface area contributed by atoms with Crippen LogP contribution in [-0.2, 0) is 0 Å². The molecule has 0 atom stereocenters. The van der Waals surface area contributed by atoms with Crippen LogP contribution in [0.1, 0.15) is 43.1 Å². The highest BCUT2D eigenvalue weighted by Crippen LogP contribution is 2.37. The van der Waals surface area contributed by atoms with Crippen LogP contribution in [0, 0.1) is 0 Å². The van der Waals surface area contributed by atoms with Gasteiger partial charge in [-0.1, -0.05) is 0 Å². The van der Waals surface area contributed by atoms with Crippen LogP contribution in [0.5, 0.6) is 5.75 Å². The molecule has 1 heterocycles. The predicted octanol–water partition coefficient (Wildman–Crippen LogP) is 2.82. The van der Waals surface area contributed by atoms with E-state index in [0.29, 0.717) is 17.2 Å². The minimum absolute atomic E-state index is 0.00392. The molecule has 0 saturated heterocycles. The molecule has 21 heavy (non-hydrogen) atoms. The van der Waals surface area contributed by atoms with E-state index in [-0.39, 0.29) is 11.7 Å². The van der Waals surface area contributed by atoms with Gasteiger partial charge in [0.15, 0.2) is 0 Å². The van der Waals surface area contributed by atoms with E-state index in [9.17, 15) is 14.7 Å². The van der Waals surface area contributed by atoms with Gasteiger partial charge in [0.2, 0.25) is 5.43 Å². The van der Waals surface area contributed by atoms with Gasteiger partial charge in [-0.15, -0.1) is 0 Å². The molecule has 1 aromatic carbocycles. The highest BCUT2D eigenvalue weighted by molar-refractivity contribution is 5.93. The lowest BCUT2D eigenvalue weighted by atomic mass is 10.1. The number of rotatable bonds is 4. The van der Waals surface area contributed by atoms with Gasteiger partial charge in [0.1, 0.15) is 11.3 Å². The van der Waals surface area contributed by atoms with Gasteiger partial charge in [-0.25, -0.2) is 4.79 Å². The lowest BCUT2D eigenvalue weighted by Crippen LogP contribution is -2.18. The van der Waals surface area contributed by atoms with Gasteiger partial charge in [-0.2, -0.15) is 0 Å². The number of benzene rings is 1. The Morgan fingerprint density at radius 1 is 1.38 bits per heavy atom. The third-order valence-electron chi connectivity index (χ3n) is 3.55. The second-order valence-electron chi connectivity index (χ2n) is 5.66. The van der Waals surface area contributed by atoms with Crippen LogP contribution in [0.15, 0.2) is 29.2 Å². The molecule has 0 radical (unpaired) electrons. The maximum absolute atomic E-state index is 12.4. The van der Waals surface area contributed by atoms with Crippen molar-refractivity contribution in [2.75, 3.05) is 0 Å². The first kappa shape index (κ1) is 13.7. The number of fused-ring (bicyclic) bond motifs is 1. The van der Waals surface area contributed by atoms with E-state index in [1.54, 1.807) is 6.07 Å². The Hall–Kier alpha value is -2.30. The van der Waals surface area contributed by atoms with Crippen LogP contribution in [0.4, 0.5) is 0 Å². The number of hydrogen-bond acceptors (Lipinski definition) is 3. The van der Waals surface area contributed by atoms with Crippen molar-refractivity contribution >= 4 is 16.9 Å². The third kappa shape index (κ3) is 2.51. The van der Waals surface area contributed by atoms with E-state index in [4.69, 9.17) is 4.74 Å². The summed E-state index contributed by atoms with van der Waals surface area (Å²) in [6.07, 6.45) is 3.49. The Morgan fingerprint density at radius 3 is 2.67 bits per heavy atom. The summed E-state index contributed by atoms with van der Waals surface area (Å²) in [5.41, 5.74) is 0.128. The maximum Gasteiger partial charge on any atom is 0.341 e. The summed E-state index contributed by atoms with van der Waals surface area (Å²) in [4.78, 5) is 23.6. The van der Waals surface area contributed by atoms with Crippen molar-refractivity contribution in [3.8, 4) is 5.75 Å². The molecule has 2 aromatic rings. The molecule has 1 fully saturated rings. The number of carbonyl (C=O) groups is 1. The molecular formula is C16H17NO4. The number of hydrogen-bond donors (Lipinski definition) is 1. The van der Waals surface area contributed by atoms with E-state index in [0.717, 1.165) is 18.4 Å². The van der Waals surface area contributed by atoms with Gasteiger partial charge in [0.25, 0.3) is 0 Å². The summed E-state index contributed by atoms with van der Waals surface area (Å²) >= 11 is 0. The second-order valence-corrected chi connectivity index (χ2v) is 5.66. The summed E-state index contributed by atoms with van der Waals surface area (Å²) in [5, 5.41) is 9.62. The number of carboxylic acids is 1. The fourth-order valence-electron chi connectivity index (χ4n) is 2.49. The van der Waals surface area contributed by atoms with E-state index < -0.39 is 11.4 Å². The molecule has 1 saturated carbocycles. The van der Waals surface area contributed by atoms with Crippen molar-refractivity contribution in [3.05, 3.63) is 40.2 Å². The first-order valence-electron chi connectivity index (χ1n) is 7.06. The average Bonchev–Trinajstić information content (AvgIpc) is 3.23. The molecule has 110 valence electrons. The zero-order valence-electron chi connectivity index (χ0n) is 12.0. The summed E-state index contributed by atoms with van der Waals surface area (Å²) in [5.74, 6) is -0.606. The molecule has 5 heteroatoms. The molecule has 0 amide bonds. The molecule has 0 spiro atoms. The first-order valence-corrected chi connectivity index (χ1v) is 7.06. The quantitative estimate of drug-likeness (QED) is 0.938. The summed E-state index contributed by atoms with van der Waals surface area (Å²) in [7, 11) is 0. The summed E-state index contributed by atoms with van der Waals surface area (Å²) in [6.45, 7) is 3.81. The largest absolute Gasteiger partial charge is 0.491 e. The first-order chi connectivity index (χ1) is 9.97. The van der Waals surface area contributed by atoms with Gasteiger partial charge in [0.05, 0.1) is 17.0 Å². The normalized spacial score (nSPS) is 14.6. The molecule has 1 N–H and O–H groups in total. The number of carboxylic acid groups (broad SMARTS) is 1. The Morgan fingerprint density at radius 2 is 2.10 bits per heavy atom. The highest BCUT2D eigenvalue weighted by atomic mass is 16.5. The minimum Gasteiger partial charge on any atom is -0.491 e. The predicted molar refractivity (Wildman–Crippen MR) is 79.2 cm³/mol. The standard InChI is InChI=1S/C16H17NO4/c1-9(2)21-11-5-6-14-12(7-11)15(18)13(16(19)20)8-17(14)10-3-4-10/h5-10H,3-4H2,1-2H3,(H,19,20). The molecule has 1 aliphatic carbocycles. The monoisotopic (exact) mass is 287 g/mol. The number of pyridine rings is 1. The molecule has 0 bridgehead atoms. The fraction of sp³-hybridized carbons (Fsp3) is 0.375. The van der Waals surface area contributed by atoms with Gasteiger partial charge in [0, 0.05) is 12.2 Å². The summed E-state index contributed by atoms with van der Waals surface area (Å²) in [6, 6.07) is 5.59. The van der Waals surface area contributed by atoms with Crippen LogP contribution in [0.25, 0.3) is 10.9 Å². The number of aromatic carboxylic acids is 1. The van der Waals surface area contributed by atoms with Crippen LogP contribution in [-0.4, -0.2) is 21.7 Å². The molecule has 1 aliphatic rings. The molecule has 5 nitrogen and oxygen atoms in total. The highest BCUT2D eigenvalue weighted by Gasteiger charge is 2.26. The zero-order valence-corrected chi connectivity index (χ0v) is 12.0. The SMILES string of the molecule is CC(C)Oc1ccc2c(c1)c(=O)c(C(=O)O)cn2C1CC1. The second kappa shape index (κ2) is 4.91. The van der Waals surface area contributed by atoms with Crippen LogP contribution >= 0.6 is 0 Å². The van der Waals surface area contributed by atoms with Crippen molar-refractivity contribution < 1.29 is 14.6 Å². The molecule has 0 unspecified atom stereocenters. The van der Waals surface area contributed by atoms with Crippen molar-refractivity contribution in [1.29, 1.82) is 0 Å². The summed E-state index contributed by atoms with van der Waals surface area (Å²) < 4.78 is 7.50. The zero-order chi connectivity index (χ0) is 15.1. The molecule has 0 aliphatic heterocycles. The Bertz CT molecular complexity index is 772. The average molecular weight is 287 g/mol. The van der Waals surface area contributed by atoms with Crippen molar-refractivity contribution in [3.63, 3.8) is 0 Å². The van der Waals surface area contributed by atoms with Crippen molar-refractivity contribution in [2.45, 2.75) is 38.8 Å². The van der Waals surface area contributed by atoms with Gasteiger partial charge in [-0.3, -0.25) is 4.79 Å². The van der Waals surface area contributed by atoms with Crippen LogP contribution < -0.4 is 10.2 Å². The minimum atomic E-state index is -1.19. The molecular weight excluding hydrogens is 270 g/mol. The third-order valence-corrected chi connectivity index (χ3v) is 3.55. The van der Waals surface area contributed by atoms with Gasteiger partial charge < -0.3 is 14.4 Å². The maximum atomic E-state index is 12.4. The Balaban J connectivity index is 2.26. The fourth-order valence-corrected chi connectivity index (χ4v) is 2.49. The number of ether oxygens (including phenoxy) is 1. The van der Waals surface area contributed by atoms with E-state index in [1.165, 1.54) is 6.20 Å². The van der Waals surface area contributed by atoms with E-state index in [2.05, 4.69) is 0 Å². The van der Waals surface area contributed by atoms with Crippen molar-refractivity contribution in [2.24, 2.45) is 0 Å². The van der Waals surface area contributed by atoms with Gasteiger partial charge >= 0.3 is 5.97 Å². The van der Waals surface area contributed by atoms with Gasteiger partial charge in [-0.05, 0) is 44.9 Å². The van der Waals surface area contributed by atoms with E-state index >= 15 is 0 Å². The Labute approximate surface area is 121 Å². The number of nitrogens with zero attached hydrogens (tertiary/aromatic N) is 1. The lowest BCUT2D eigenvalue weighted by Gasteiger charge is -2.14.